The Morgan fingerprint density at radius 2 is 2.12 bits per heavy atom. The molecule has 6 nitrogen and oxygen atoms in total. The van der Waals surface area contributed by atoms with Gasteiger partial charge in [0.1, 0.15) is 5.75 Å². The van der Waals surface area contributed by atoms with E-state index in [0.717, 1.165) is 37.4 Å². The summed E-state index contributed by atoms with van der Waals surface area (Å²) in [6, 6.07) is 9.45. The molecule has 0 radical (unpaired) electrons. The molecule has 1 fully saturated rings. The standard InChI is InChI=1S/C18H24N4O2/c1-13(2)24-16-7-5-14(6-8-16)20-18(23)17-9-11-22(21-17)15-4-3-10-19-12-15/h5-9,11,13,15,19H,3-4,10,12H2,1-2H3,(H,20,23). The minimum absolute atomic E-state index is 0.128. The number of hydrogen-bond donors (Lipinski definition) is 2. The van der Waals surface area contributed by atoms with Gasteiger partial charge in [-0.3, -0.25) is 9.48 Å². The quantitative estimate of drug-likeness (QED) is 0.885. The molecule has 2 heterocycles. The first-order chi connectivity index (χ1) is 11.6. The summed E-state index contributed by atoms with van der Waals surface area (Å²) in [6.07, 6.45) is 4.24. The van der Waals surface area contributed by atoms with Gasteiger partial charge < -0.3 is 15.4 Å². The Labute approximate surface area is 142 Å². The molecular weight excluding hydrogens is 304 g/mol. The van der Waals surface area contributed by atoms with Crippen molar-refractivity contribution >= 4 is 11.6 Å². The van der Waals surface area contributed by atoms with Gasteiger partial charge in [0, 0.05) is 18.4 Å². The fourth-order valence-corrected chi connectivity index (χ4v) is 2.81. The highest BCUT2D eigenvalue weighted by Gasteiger charge is 2.17. The molecule has 1 aliphatic rings. The lowest BCUT2D eigenvalue weighted by atomic mass is 10.1. The molecule has 1 amide bonds. The first kappa shape index (κ1) is 16.5. The van der Waals surface area contributed by atoms with Crippen molar-refractivity contribution in [3.05, 3.63) is 42.2 Å². The minimum atomic E-state index is -0.199. The highest BCUT2D eigenvalue weighted by Crippen LogP contribution is 2.18. The Kier molecular flexibility index (Phi) is 5.15. The average molecular weight is 328 g/mol. The number of carbonyl (C=O) groups is 1. The second-order valence-corrected chi connectivity index (χ2v) is 6.33. The molecule has 2 aromatic rings. The molecule has 1 aromatic heterocycles. The molecule has 0 aliphatic carbocycles. The van der Waals surface area contributed by atoms with Crippen LogP contribution in [0.4, 0.5) is 5.69 Å². The first-order valence-electron chi connectivity index (χ1n) is 8.46. The third-order valence-electron chi connectivity index (χ3n) is 3.97. The van der Waals surface area contributed by atoms with Crippen LogP contribution < -0.4 is 15.4 Å². The van der Waals surface area contributed by atoms with Crippen molar-refractivity contribution in [3.63, 3.8) is 0 Å². The molecule has 2 N–H and O–H groups in total. The first-order valence-corrected chi connectivity index (χ1v) is 8.46. The Bertz CT molecular complexity index is 673. The summed E-state index contributed by atoms with van der Waals surface area (Å²) in [5.41, 5.74) is 1.16. The van der Waals surface area contributed by atoms with E-state index in [1.165, 1.54) is 0 Å². The maximum absolute atomic E-state index is 12.3. The van der Waals surface area contributed by atoms with Gasteiger partial charge in [0.2, 0.25) is 0 Å². The van der Waals surface area contributed by atoms with Crippen LogP contribution in [-0.2, 0) is 0 Å². The number of carbonyl (C=O) groups excluding carboxylic acids is 1. The number of aromatic nitrogens is 2. The van der Waals surface area contributed by atoms with Crippen LogP contribution in [0.2, 0.25) is 0 Å². The Morgan fingerprint density at radius 1 is 1.33 bits per heavy atom. The molecule has 0 spiro atoms. The van der Waals surface area contributed by atoms with Gasteiger partial charge in [-0.25, -0.2) is 0 Å². The van der Waals surface area contributed by atoms with Crippen LogP contribution in [0, 0.1) is 0 Å². The summed E-state index contributed by atoms with van der Waals surface area (Å²) in [7, 11) is 0. The molecule has 1 atom stereocenters. The van der Waals surface area contributed by atoms with Crippen molar-refractivity contribution in [3.8, 4) is 5.75 Å². The van der Waals surface area contributed by atoms with Crippen molar-refractivity contribution in [2.75, 3.05) is 18.4 Å². The van der Waals surface area contributed by atoms with E-state index >= 15 is 0 Å². The summed E-state index contributed by atoms with van der Waals surface area (Å²) in [5.74, 6) is 0.590. The van der Waals surface area contributed by atoms with Gasteiger partial charge in [0.05, 0.1) is 12.1 Å². The average Bonchev–Trinajstić information content (AvgIpc) is 3.07. The maximum Gasteiger partial charge on any atom is 0.276 e. The maximum atomic E-state index is 12.3. The van der Waals surface area contributed by atoms with Gasteiger partial charge in [0.15, 0.2) is 5.69 Å². The smallest absolute Gasteiger partial charge is 0.276 e. The fraction of sp³-hybridized carbons (Fsp3) is 0.444. The number of rotatable bonds is 5. The fourth-order valence-electron chi connectivity index (χ4n) is 2.81. The van der Waals surface area contributed by atoms with Gasteiger partial charge in [-0.2, -0.15) is 5.10 Å². The molecule has 1 aliphatic heterocycles. The zero-order chi connectivity index (χ0) is 16.9. The molecule has 1 saturated heterocycles. The molecule has 1 unspecified atom stereocenters. The zero-order valence-corrected chi connectivity index (χ0v) is 14.2. The van der Waals surface area contributed by atoms with Crippen LogP contribution in [0.5, 0.6) is 5.75 Å². The molecule has 6 heteroatoms. The van der Waals surface area contributed by atoms with E-state index in [4.69, 9.17) is 4.74 Å². The van der Waals surface area contributed by atoms with Crippen LogP contribution in [0.1, 0.15) is 43.2 Å². The van der Waals surface area contributed by atoms with E-state index in [2.05, 4.69) is 15.7 Å². The van der Waals surface area contributed by atoms with E-state index in [-0.39, 0.29) is 12.0 Å². The number of nitrogens with one attached hydrogen (secondary N) is 2. The van der Waals surface area contributed by atoms with E-state index < -0.39 is 0 Å². The molecule has 0 saturated carbocycles. The number of piperidine rings is 1. The van der Waals surface area contributed by atoms with Gasteiger partial charge in [0.25, 0.3) is 5.91 Å². The topological polar surface area (TPSA) is 68.2 Å². The SMILES string of the molecule is CC(C)Oc1ccc(NC(=O)c2ccn(C3CCCNC3)n2)cc1. The predicted molar refractivity (Wildman–Crippen MR) is 93.5 cm³/mol. The predicted octanol–water partition coefficient (Wildman–Crippen LogP) is 2.85. The Hall–Kier alpha value is -2.34. The molecule has 24 heavy (non-hydrogen) atoms. The van der Waals surface area contributed by atoms with E-state index in [1.54, 1.807) is 6.07 Å². The van der Waals surface area contributed by atoms with Crippen molar-refractivity contribution < 1.29 is 9.53 Å². The summed E-state index contributed by atoms with van der Waals surface area (Å²) in [5, 5.41) is 10.7. The van der Waals surface area contributed by atoms with Crippen molar-refractivity contribution in [2.45, 2.75) is 38.8 Å². The number of amides is 1. The van der Waals surface area contributed by atoms with Gasteiger partial charge in [-0.05, 0) is 63.6 Å². The van der Waals surface area contributed by atoms with Crippen molar-refractivity contribution in [2.24, 2.45) is 0 Å². The summed E-state index contributed by atoms with van der Waals surface area (Å²) in [4.78, 5) is 12.3. The van der Waals surface area contributed by atoms with Crippen molar-refractivity contribution in [1.29, 1.82) is 0 Å². The number of hydrogen-bond acceptors (Lipinski definition) is 4. The summed E-state index contributed by atoms with van der Waals surface area (Å²) >= 11 is 0. The van der Waals surface area contributed by atoms with Crippen LogP contribution in [0.3, 0.4) is 0 Å². The number of anilines is 1. The normalized spacial score (nSPS) is 17.7. The highest BCUT2D eigenvalue weighted by molar-refractivity contribution is 6.02. The van der Waals surface area contributed by atoms with E-state index in [0.29, 0.717) is 11.7 Å². The van der Waals surface area contributed by atoms with Crippen molar-refractivity contribution in [1.82, 2.24) is 15.1 Å². The third-order valence-corrected chi connectivity index (χ3v) is 3.97. The molecule has 0 bridgehead atoms. The van der Waals surface area contributed by atoms with Gasteiger partial charge >= 0.3 is 0 Å². The second-order valence-electron chi connectivity index (χ2n) is 6.33. The summed E-state index contributed by atoms with van der Waals surface area (Å²) < 4.78 is 7.48. The molecular formula is C18H24N4O2. The van der Waals surface area contributed by atoms with Crippen LogP contribution >= 0.6 is 0 Å². The van der Waals surface area contributed by atoms with Gasteiger partial charge in [-0.15, -0.1) is 0 Å². The number of ether oxygens (including phenoxy) is 1. The van der Waals surface area contributed by atoms with E-state index in [1.807, 2.05) is 49.0 Å². The Balaban J connectivity index is 1.61. The zero-order valence-electron chi connectivity index (χ0n) is 14.2. The molecule has 128 valence electrons. The number of nitrogens with zero attached hydrogens (tertiary/aromatic N) is 2. The lowest BCUT2D eigenvalue weighted by Gasteiger charge is -2.22. The lowest BCUT2D eigenvalue weighted by molar-refractivity contribution is 0.102. The second kappa shape index (κ2) is 7.49. The highest BCUT2D eigenvalue weighted by atomic mass is 16.5. The van der Waals surface area contributed by atoms with Crippen LogP contribution in [0.25, 0.3) is 0 Å². The Morgan fingerprint density at radius 3 is 2.79 bits per heavy atom. The minimum Gasteiger partial charge on any atom is -0.491 e. The monoisotopic (exact) mass is 328 g/mol. The third kappa shape index (κ3) is 4.14. The number of benzene rings is 1. The summed E-state index contributed by atoms with van der Waals surface area (Å²) in [6.45, 7) is 5.92. The van der Waals surface area contributed by atoms with Gasteiger partial charge in [-0.1, -0.05) is 0 Å². The lowest BCUT2D eigenvalue weighted by Crippen LogP contribution is -2.32. The van der Waals surface area contributed by atoms with Crippen LogP contribution in [-0.4, -0.2) is 34.9 Å². The van der Waals surface area contributed by atoms with Crippen LogP contribution in [0.15, 0.2) is 36.5 Å². The molecule has 1 aromatic carbocycles. The molecule has 3 rings (SSSR count). The van der Waals surface area contributed by atoms with E-state index in [9.17, 15) is 4.79 Å². The largest absolute Gasteiger partial charge is 0.491 e.